The van der Waals surface area contributed by atoms with Gasteiger partial charge < -0.3 is 19.6 Å². The molecule has 6 aliphatic heterocycles. The van der Waals surface area contributed by atoms with Crippen molar-refractivity contribution in [1.82, 2.24) is 25.0 Å². The third kappa shape index (κ3) is 8.18. The number of benzene rings is 2. The number of pyridine rings is 1. The summed E-state index contributed by atoms with van der Waals surface area (Å²) >= 11 is 0. The SMILES string of the molecule is N#Cc1ncc(N2CCC3(CCN(C(=O)c4ccc(N5CCN(CC6(F)CCN(c7ccc8c(c7)C(=O)N(C7CCC(=O)NC7=O)C8=O)CC6)CC5)cc4)C3)CC2)cc1C(F)(F)F. The molecule has 1 unspecified atom stereocenters. The van der Waals surface area contributed by atoms with E-state index in [2.05, 4.69) is 20.1 Å². The van der Waals surface area contributed by atoms with Gasteiger partial charge in [0.05, 0.1) is 28.6 Å². The van der Waals surface area contributed by atoms with E-state index in [1.54, 1.807) is 18.2 Å². The van der Waals surface area contributed by atoms with E-state index in [0.29, 0.717) is 102 Å². The molecule has 14 nitrogen and oxygen atoms in total. The van der Waals surface area contributed by atoms with Crippen LogP contribution in [0.15, 0.2) is 54.7 Å². The average molecular weight is 870 g/mol. The Hall–Kier alpha value is -6.09. The van der Waals surface area contributed by atoms with Crippen molar-refractivity contribution in [2.24, 2.45) is 5.41 Å². The van der Waals surface area contributed by atoms with Gasteiger partial charge in [0, 0.05) is 108 Å². The van der Waals surface area contributed by atoms with Crippen LogP contribution in [-0.2, 0) is 15.8 Å². The van der Waals surface area contributed by atoms with E-state index in [4.69, 9.17) is 5.26 Å². The predicted molar refractivity (Wildman–Crippen MR) is 222 cm³/mol. The standard InChI is InChI=1S/C45H47F4N9O5/c46-44(12-17-54(18-13-44)31-5-6-33-34(23-31)42(63)58(41(33)62)37-7-8-38(59)52-39(37)60)28-53-19-21-56(22-20-53)30-3-1-29(2-4-30)40(61)57-16-11-43(27-57)9-14-55(15-10-43)32-24-35(45(47,48)49)36(25-50)51-26-32/h1-6,23-24,26,37H,7-22,27-28H2,(H,52,59,60). The van der Waals surface area contributed by atoms with Crippen LogP contribution in [0.2, 0.25) is 0 Å². The van der Waals surface area contributed by atoms with Crippen LogP contribution in [0.25, 0.3) is 0 Å². The lowest BCUT2D eigenvalue weighted by atomic mass is 9.77. The number of halogens is 4. The fourth-order valence-corrected chi connectivity index (χ4v) is 10.2. The van der Waals surface area contributed by atoms with Gasteiger partial charge in [0.1, 0.15) is 17.8 Å². The Morgan fingerprint density at radius 1 is 0.778 bits per heavy atom. The number of nitrogens with zero attached hydrogens (tertiary/aromatic N) is 8. The molecule has 0 bridgehead atoms. The van der Waals surface area contributed by atoms with Gasteiger partial charge in [-0.05, 0) is 79.6 Å². The summed E-state index contributed by atoms with van der Waals surface area (Å²) in [6.07, 6.45) is -0.355. The van der Waals surface area contributed by atoms with Crippen LogP contribution >= 0.6 is 0 Å². The topological polar surface area (TPSA) is 154 Å². The number of hydrogen-bond acceptors (Lipinski definition) is 11. The highest BCUT2D eigenvalue weighted by molar-refractivity contribution is 6.23. The number of nitriles is 1. The number of likely N-dealkylation sites (tertiary alicyclic amines) is 1. The Balaban J connectivity index is 0.729. The van der Waals surface area contributed by atoms with Crippen molar-refractivity contribution < 1.29 is 41.5 Å². The van der Waals surface area contributed by atoms with E-state index in [-0.39, 0.29) is 35.3 Å². The van der Waals surface area contributed by atoms with Crippen molar-refractivity contribution in [3.8, 4) is 6.07 Å². The maximum Gasteiger partial charge on any atom is 0.419 e. The number of carbonyl (C=O) groups excluding carboxylic acids is 5. The number of fused-ring (bicyclic) bond motifs is 1. The molecule has 2 aromatic carbocycles. The number of aromatic nitrogens is 1. The van der Waals surface area contributed by atoms with Crippen LogP contribution in [0.5, 0.6) is 0 Å². The number of nitrogens with one attached hydrogen (secondary N) is 1. The number of rotatable bonds is 7. The van der Waals surface area contributed by atoms with Gasteiger partial charge in [-0.2, -0.15) is 18.4 Å². The summed E-state index contributed by atoms with van der Waals surface area (Å²) in [5.74, 6) is -2.28. The molecule has 18 heteroatoms. The number of hydrogen-bond donors (Lipinski definition) is 1. The number of anilines is 3. The molecule has 5 fully saturated rings. The van der Waals surface area contributed by atoms with E-state index < -0.39 is 52.8 Å². The zero-order valence-electron chi connectivity index (χ0n) is 34.6. The lowest BCUT2D eigenvalue weighted by molar-refractivity contribution is -0.138. The first-order valence-corrected chi connectivity index (χ1v) is 21.5. The molecule has 5 amide bonds. The van der Waals surface area contributed by atoms with Crippen LogP contribution in [-0.4, -0.2) is 133 Å². The molecule has 1 spiro atoms. The van der Waals surface area contributed by atoms with Crippen LogP contribution in [0.3, 0.4) is 0 Å². The maximum absolute atomic E-state index is 16.3. The minimum absolute atomic E-state index is 0.0430. The molecular weight excluding hydrogens is 823 g/mol. The maximum atomic E-state index is 16.3. The molecule has 1 N–H and O–H groups in total. The molecule has 0 aliphatic carbocycles. The van der Waals surface area contributed by atoms with Crippen LogP contribution in [0.1, 0.15) is 87.3 Å². The van der Waals surface area contributed by atoms with Crippen LogP contribution in [0.4, 0.5) is 34.6 Å². The van der Waals surface area contributed by atoms with Gasteiger partial charge in [0.2, 0.25) is 11.8 Å². The molecule has 3 aromatic rings. The largest absolute Gasteiger partial charge is 0.419 e. The molecule has 0 saturated carbocycles. The molecular formula is C45H47F4N9O5. The average Bonchev–Trinajstić information content (AvgIpc) is 3.80. The van der Waals surface area contributed by atoms with E-state index in [1.165, 1.54) is 12.3 Å². The van der Waals surface area contributed by atoms with Gasteiger partial charge in [0.15, 0.2) is 5.69 Å². The quantitative estimate of drug-likeness (QED) is 0.261. The normalized spacial score (nSPS) is 22.7. The second kappa shape index (κ2) is 16.2. The number of amides is 5. The number of piperazine rings is 1. The fourth-order valence-electron chi connectivity index (χ4n) is 10.2. The highest BCUT2D eigenvalue weighted by atomic mass is 19.4. The van der Waals surface area contributed by atoms with Gasteiger partial charge in [-0.25, -0.2) is 9.37 Å². The molecule has 5 saturated heterocycles. The summed E-state index contributed by atoms with van der Waals surface area (Å²) in [5.41, 5.74) is -0.133. The monoisotopic (exact) mass is 869 g/mol. The number of alkyl halides is 4. The second-order valence-electron chi connectivity index (χ2n) is 17.8. The lowest BCUT2D eigenvalue weighted by Crippen LogP contribution is -2.54. The van der Waals surface area contributed by atoms with Crippen LogP contribution < -0.4 is 20.0 Å². The van der Waals surface area contributed by atoms with Gasteiger partial charge in [0.25, 0.3) is 17.7 Å². The highest BCUT2D eigenvalue weighted by Crippen LogP contribution is 2.43. The molecule has 1 aromatic heterocycles. The lowest BCUT2D eigenvalue weighted by Gasteiger charge is -2.43. The highest BCUT2D eigenvalue weighted by Gasteiger charge is 2.46. The zero-order chi connectivity index (χ0) is 44.3. The van der Waals surface area contributed by atoms with E-state index >= 15 is 4.39 Å². The number of carbonyl (C=O) groups is 5. The van der Waals surface area contributed by atoms with Crippen molar-refractivity contribution >= 4 is 46.6 Å². The van der Waals surface area contributed by atoms with Crippen molar-refractivity contribution in [2.75, 3.05) is 86.7 Å². The van der Waals surface area contributed by atoms with Gasteiger partial charge in [-0.3, -0.25) is 39.1 Å². The summed E-state index contributed by atoms with van der Waals surface area (Å²) in [7, 11) is 0. The predicted octanol–water partition coefficient (Wildman–Crippen LogP) is 4.64. The van der Waals surface area contributed by atoms with Gasteiger partial charge in [-0.1, -0.05) is 0 Å². The smallest absolute Gasteiger partial charge is 0.371 e. The molecule has 7 heterocycles. The van der Waals surface area contributed by atoms with E-state index in [9.17, 15) is 37.1 Å². The molecule has 9 rings (SSSR count). The number of imide groups is 2. The molecule has 330 valence electrons. The van der Waals surface area contributed by atoms with Crippen LogP contribution in [0, 0.1) is 16.7 Å². The zero-order valence-corrected chi connectivity index (χ0v) is 34.6. The Labute approximate surface area is 361 Å². The minimum Gasteiger partial charge on any atom is -0.371 e. The molecule has 1 atom stereocenters. The summed E-state index contributed by atoms with van der Waals surface area (Å²) in [6.45, 7) is 6.19. The summed E-state index contributed by atoms with van der Waals surface area (Å²) in [4.78, 5) is 79.0. The first-order chi connectivity index (χ1) is 30.1. The Morgan fingerprint density at radius 2 is 1.40 bits per heavy atom. The molecule has 6 aliphatic rings. The van der Waals surface area contributed by atoms with Crippen molar-refractivity contribution in [3.63, 3.8) is 0 Å². The van der Waals surface area contributed by atoms with Crippen molar-refractivity contribution in [3.05, 3.63) is 82.7 Å². The van der Waals surface area contributed by atoms with E-state index in [1.807, 2.05) is 39.0 Å². The number of piperidine rings is 3. The first kappa shape index (κ1) is 42.2. The third-order valence-electron chi connectivity index (χ3n) is 14.0. The third-order valence-corrected chi connectivity index (χ3v) is 14.0. The summed E-state index contributed by atoms with van der Waals surface area (Å²) in [5, 5.41) is 11.3. The van der Waals surface area contributed by atoms with Gasteiger partial charge >= 0.3 is 6.18 Å². The van der Waals surface area contributed by atoms with E-state index in [0.717, 1.165) is 35.9 Å². The Morgan fingerprint density at radius 3 is 2.06 bits per heavy atom. The molecule has 63 heavy (non-hydrogen) atoms. The first-order valence-electron chi connectivity index (χ1n) is 21.5. The van der Waals surface area contributed by atoms with Gasteiger partial charge in [-0.15, -0.1) is 0 Å². The van der Waals surface area contributed by atoms with Crippen molar-refractivity contribution in [1.29, 1.82) is 5.26 Å². The summed E-state index contributed by atoms with van der Waals surface area (Å²) in [6, 6.07) is 14.1. The fraction of sp³-hybridized carbons (Fsp3) is 0.489. The Bertz CT molecular complexity index is 2380. The summed E-state index contributed by atoms with van der Waals surface area (Å²) < 4.78 is 56.9. The minimum atomic E-state index is -4.67. The second-order valence-corrected chi connectivity index (χ2v) is 17.8. The molecule has 0 radical (unpaired) electrons. The Kier molecular flexibility index (Phi) is 10.9. The van der Waals surface area contributed by atoms with Crippen molar-refractivity contribution in [2.45, 2.75) is 62.8 Å².